The molecule has 4 nitrogen and oxygen atoms in total. The zero-order valence-corrected chi connectivity index (χ0v) is 13.7. The molecule has 0 aromatic heterocycles. The molecule has 0 saturated heterocycles. The van der Waals surface area contributed by atoms with Crippen molar-refractivity contribution in [3.05, 3.63) is 28.8 Å². The minimum atomic E-state index is -0.371. The minimum Gasteiger partial charge on any atom is -0.480 e. The molecule has 1 atom stereocenters. The Labute approximate surface area is 131 Å². The molecule has 1 aromatic carbocycles. The highest BCUT2D eigenvalue weighted by molar-refractivity contribution is 6.32. The molecular weight excluding hydrogens is 290 g/mol. The molecule has 0 heterocycles. The third-order valence-corrected chi connectivity index (χ3v) is 3.37. The van der Waals surface area contributed by atoms with E-state index >= 15 is 0 Å². The van der Waals surface area contributed by atoms with Gasteiger partial charge in [0, 0.05) is 6.04 Å². The molecule has 118 valence electrons. The Morgan fingerprint density at radius 2 is 2.14 bits per heavy atom. The van der Waals surface area contributed by atoms with Gasteiger partial charge < -0.3 is 14.8 Å². The zero-order chi connectivity index (χ0) is 15.7. The second-order valence-corrected chi connectivity index (χ2v) is 5.24. The first kappa shape index (κ1) is 17.8. The number of hydrogen-bond donors (Lipinski definition) is 1. The number of carbonyl (C=O) groups excluding carboxylic acids is 1. The number of halogens is 1. The van der Waals surface area contributed by atoms with E-state index in [-0.39, 0.29) is 18.6 Å². The van der Waals surface area contributed by atoms with Crippen molar-refractivity contribution in [3.8, 4) is 5.75 Å². The monoisotopic (exact) mass is 313 g/mol. The fraction of sp³-hybridized carbons (Fsp3) is 0.562. The van der Waals surface area contributed by atoms with Crippen LogP contribution < -0.4 is 10.1 Å². The molecular formula is C16H24ClNO3. The first-order valence-electron chi connectivity index (χ1n) is 7.39. The second kappa shape index (κ2) is 9.64. The van der Waals surface area contributed by atoms with Gasteiger partial charge in [-0.25, -0.2) is 4.79 Å². The summed E-state index contributed by atoms with van der Waals surface area (Å²) in [6.07, 6.45) is 1.86. The normalized spacial score (nSPS) is 12.0. The van der Waals surface area contributed by atoms with E-state index in [1.165, 1.54) is 0 Å². The highest BCUT2D eigenvalue weighted by atomic mass is 35.5. The smallest absolute Gasteiger partial charge is 0.344 e. The van der Waals surface area contributed by atoms with E-state index in [0.29, 0.717) is 17.4 Å². The quantitative estimate of drug-likeness (QED) is 0.557. The molecule has 1 unspecified atom stereocenters. The van der Waals surface area contributed by atoms with Crippen LogP contribution in [0.25, 0.3) is 0 Å². The summed E-state index contributed by atoms with van der Waals surface area (Å²) < 4.78 is 10.4. The standard InChI is InChI=1S/C16H24ClNO3/c1-4-6-9-20-16(19)11-21-15-8-7-13(10-14(15)17)12(3)18-5-2/h7-8,10,12,18H,4-6,9,11H2,1-3H3. The summed E-state index contributed by atoms with van der Waals surface area (Å²) in [5.41, 5.74) is 1.08. The van der Waals surface area contributed by atoms with Gasteiger partial charge in [-0.3, -0.25) is 0 Å². The van der Waals surface area contributed by atoms with E-state index in [2.05, 4.69) is 19.2 Å². The highest BCUT2D eigenvalue weighted by Crippen LogP contribution is 2.27. The molecule has 0 fully saturated rings. The second-order valence-electron chi connectivity index (χ2n) is 4.83. The Balaban J connectivity index is 2.51. The summed E-state index contributed by atoms with van der Waals surface area (Å²) in [5.74, 6) is 0.126. The fourth-order valence-corrected chi connectivity index (χ4v) is 2.08. The first-order chi connectivity index (χ1) is 10.1. The van der Waals surface area contributed by atoms with Gasteiger partial charge in [0.2, 0.25) is 0 Å². The van der Waals surface area contributed by atoms with Crippen LogP contribution in [0.2, 0.25) is 5.02 Å². The molecule has 0 amide bonds. The van der Waals surface area contributed by atoms with Crippen molar-refractivity contribution in [2.45, 2.75) is 39.7 Å². The largest absolute Gasteiger partial charge is 0.480 e. The van der Waals surface area contributed by atoms with Crippen molar-refractivity contribution in [3.63, 3.8) is 0 Å². The van der Waals surface area contributed by atoms with E-state index in [1.807, 2.05) is 19.1 Å². The first-order valence-corrected chi connectivity index (χ1v) is 7.77. The average Bonchev–Trinajstić information content (AvgIpc) is 2.46. The van der Waals surface area contributed by atoms with Gasteiger partial charge in [-0.1, -0.05) is 37.9 Å². The molecule has 21 heavy (non-hydrogen) atoms. The maximum Gasteiger partial charge on any atom is 0.344 e. The van der Waals surface area contributed by atoms with Crippen molar-refractivity contribution < 1.29 is 14.3 Å². The summed E-state index contributed by atoms with van der Waals surface area (Å²) in [6.45, 7) is 7.37. The molecule has 0 radical (unpaired) electrons. The fourth-order valence-electron chi connectivity index (χ4n) is 1.84. The Morgan fingerprint density at radius 1 is 1.38 bits per heavy atom. The lowest BCUT2D eigenvalue weighted by Crippen LogP contribution is -2.18. The number of ether oxygens (including phenoxy) is 2. The molecule has 5 heteroatoms. The minimum absolute atomic E-state index is 0.119. The van der Waals surface area contributed by atoms with E-state index in [1.54, 1.807) is 6.07 Å². The highest BCUT2D eigenvalue weighted by Gasteiger charge is 2.10. The van der Waals surface area contributed by atoms with E-state index in [4.69, 9.17) is 21.1 Å². The number of unbranched alkanes of at least 4 members (excludes halogenated alkanes) is 1. The molecule has 0 spiro atoms. The maximum atomic E-state index is 11.5. The van der Waals surface area contributed by atoms with Crippen molar-refractivity contribution in [1.29, 1.82) is 0 Å². The van der Waals surface area contributed by atoms with Crippen molar-refractivity contribution in [2.24, 2.45) is 0 Å². The summed E-state index contributed by atoms with van der Waals surface area (Å²) >= 11 is 6.18. The van der Waals surface area contributed by atoms with Gasteiger partial charge in [0.1, 0.15) is 5.75 Å². The number of esters is 1. The van der Waals surface area contributed by atoms with Gasteiger partial charge in [0.25, 0.3) is 0 Å². The molecule has 0 aliphatic rings. The van der Waals surface area contributed by atoms with Gasteiger partial charge in [-0.2, -0.15) is 0 Å². The Morgan fingerprint density at radius 3 is 2.76 bits per heavy atom. The predicted octanol–water partition coefficient (Wildman–Crippen LogP) is 3.73. The van der Waals surface area contributed by atoms with Crippen LogP contribution in [0.15, 0.2) is 18.2 Å². The SMILES string of the molecule is CCCCOC(=O)COc1ccc(C(C)NCC)cc1Cl. The van der Waals surface area contributed by atoms with Gasteiger partial charge >= 0.3 is 5.97 Å². The lowest BCUT2D eigenvalue weighted by molar-refractivity contribution is -0.146. The van der Waals surface area contributed by atoms with Gasteiger partial charge in [-0.05, 0) is 37.6 Å². The van der Waals surface area contributed by atoms with Gasteiger partial charge in [0.15, 0.2) is 6.61 Å². The van der Waals surface area contributed by atoms with Crippen LogP contribution in [-0.4, -0.2) is 25.7 Å². The number of rotatable bonds is 9. The molecule has 0 bridgehead atoms. The van der Waals surface area contributed by atoms with Crippen LogP contribution in [0, 0.1) is 0 Å². The van der Waals surface area contributed by atoms with Crippen LogP contribution in [0.3, 0.4) is 0 Å². The lowest BCUT2D eigenvalue weighted by atomic mass is 10.1. The topological polar surface area (TPSA) is 47.6 Å². The van der Waals surface area contributed by atoms with Crippen LogP contribution in [0.4, 0.5) is 0 Å². The van der Waals surface area contributed by atoms with Crippen LogP contribution in [0.5, 0.6) is 5.75 Å². The predicted molar refractivity (Wildman–Crippen MR) is 84.9 cm³/mol. The van der Waals surface area contributed by atoms with Gasteiger partial charge in [-0.15, -0.1) is 0 Å². The number of hydrogen-bond acceptors (Lipinski definition) is 4. The molecule has 1 aromatic rings. The Bertz CT molecular complexity index is 451. The van der Waals surface area contributed by atoms with E-state index < -0.39 is 0 Å². The van der Waals surface area contributed by atoms with Crippen LogP contribution >= 0.6 is 11.6 Å². The van der Waals surface area contributed by atoms with Gasteiger partial charge in [0.05, 0.1) is 11.6 Å². The Kier molecular flexibility index (Phi) is 8.16. The molecule has 1 rings (SSSR count). The third kappa shape index (κ3) is 6.36. The molecule has 1 N–H and O–H groups in total. The summed E-state index contributed by atoms with van der Waals surface area (Å²) in [4.78, 5) is 11.5. The van der Waals surface area contributed by atoms with Crippen molar-refractivity contribution in [2.75, 3.05) is 19.8 Å². The summed E-state index contributed by atoms with van der Waals surface area (Å²) in [6, 6.07) is 5.80. The zero-order valence-electron chi connectivity index (χ0n) is 12.9. The van der Waals surface area contributed by atoms with Crippen LogP contribution in [0.1, 0.15) is 45.2 Å². The third-order valence-electron chi connectivity index (χ3n) is 3.07. The lowest BCUT2D eigenvalue weighted by Gasteiger charge is -2.14. The number of benzene rings is 1. The Hall–Kier alpha value is -1.26. The number of carbonyl (C=O) groups is 1. The summed E-state index contributed by atoms with van der Waals surface area (Å²) in [7, 11) is 0. The molecule has 0 saturated carbocycles. The summed E-state index contributed by atoms with van der Waals surface area (Å²) in [5, 5.41) is 3.81. The van der Waals surface area contributed by atoms with Crippen LogP contribution in [-0.2, 0) is 9.53 Å². The molecule has 0 aliphatic carbocycles. The van der Waals surface area contributed by atoms with E-state index in [9.17, 15) is 4.79 Å². The molecule has 0 aliphatic heterocycles. The van der Waals surface area contributed by atoms with Crippen molar-refractivity contribution >= 4 is 17.6 Å². The average molecular weight is 314 g/mol. The van der Waals surface area contributed by atoms with Crippen molar-refractivity contribution in [1.82, 2.24) is 5.32 Å². The maximum absolute atomic E-state index is 11.5. The number of nitrogens with one attached hydrogen (secondary N) is 1. The van der Waals surface area contributed by atoms with E-state index in [0.717, 1.165) is 24.9 Å².